The Hall–Kier alpha value is -2.40. The maximum Gasteiger partial charge on any atom is 0.323 e. The number of carbonyl (C=O) groups is 1. The minimum Gasteiger partial charge on any atom is -0.872 e. The predicted molar refractivity (Wildman–Crippen MR) is 132 cm³/mol. The molecule has 0 aliphatic rings. The van der Waals surface area contributed by atoms with E-state index in [9.17, 15) is 9.90 Å². The first kappa shape index (κ1) is 22.8. The van der Waals surface area contributed by atoms with Crippen molar-refractivity contribution < 1.29 is 15.0 Å². The van der Waals surface area contributed by atoms with E-state index in [-0.39, 0.29) is 17.4 Å². The average Bonchev–Trinajstić information content (AvgIpc) is 3.26. The number of H-pyrrole nitrogens is 1. The molecule has 162 valence electrons. The number of hydrazone groups is 1. The molecule has 0 spiro atoms. The Bertz CT molecular complexity index is 1270. The highest BCUT2D eigenvalue weighted by Crippen LogP contribution is 2.30. The molecule has 0 saturated heterocycles. The molecule has 0 atom stereocenters. The third-order valence-electron chi connectivity index (χ3n) is 4.35. The van der Waals surface area contributed by atoms with Crippen LogP contribution in [0.5, 0.6) is 5.75 Å². The lowest BCUT2D eigenvalue weighted by Crippen LogP contribution is -2.19. The molecule has 10 heteroatoms. The largest absolute Gasteiger partial charge is 0.872 e. The van der Waals surface area contributed by atoms with Crippen LogP contribution in [-0.4, -0.2) is 23.0 Å². The number of amides is 1. The number of hydrogen-bond donors (Lipinski definition) is 1. The van der Waals surface area contributed by atoms with Crippen molar-refractivity contribution in [3.63, 3.8) is 0 Å². The Balaban J connectivity index is 1.26. The maximum absolute atomic E-state index is 12.0. The second-order valence-corrected chi connectivity index (χ2v) is 11.0. The Morgan fingerprint density at radius 1 is 1.19 bits per heavy atom. The second-order valence-electron chi connectivity index (χ2n) is 6.57. The monoisotopic (exact) mass is 544 g/mol. The van der Waals surface area contributed by atoms with Crippen molar-refractivity contribution in [2.45, 2.75) is 14.4 Å². The lowest BCUT2D eigenvalue weighted by molar-refractivity contribution is -0.492. The quantitative estimate of drug-likeness (QED) is 0.200. The number of carbonyl (C=O) groups excluding carboxylic acids is 1. The minimum atomic E-state index is -0.270. The standard InChI is InChI=1S/C22H17BrN4O2S3/c23-17-8-9-19(28)16(10-17)11-24-25-20(29)13-31-22-27-26-21(32-22)30-12-15-6-3-5-14-4-1-2-7-18(14)15/h1-11,28H,12-13H2,(H,25,29)/b24-11+. The molecule has 1 heterocycles. The van der Waals surface area contributed by atoms with Gasteiger partial charge in [0.15, 0.2) is 0 Å². The normalized spacial score (nSPS) is 11.3. The van der Waals surface area contributed by atoms with Crippen LogP contribution in [0.3, 0.4) is 0 Å². The summed E-state index contributed by atoms with van der Waals surface area (Å²) in [5, 5.41) is 25.4. The molecule has 32 heavy (non-hydrogen) atoms. The third kappa shape index (κ3) is 6.10. The van der Waals surface area contributed by atoms with Crippen LogP contribution in [0.4, 0.5) is 0 Å². The zero-order valence-corrected chi connectivity index (χ0v) is 20.6. The Morgan fingerprint density at radius 3 is 2.94 bits per heavy atom. The van der Waals surface area contributed by atoms with Gasteiger partial charge in [-0.25, -0.2) is 5.43 Å². The van der Waals surface area contributed by atoms with Gasteiger partial charge in [-0.1, -0.05) is 87.1 Å². The summed E-state index contributed by atoms with van der Waals surface area (Å²) in [5.74, 6) is 0.576. The fourth-order valence-electron chi connectivity index (χ4n) is 2.85. The summed E-state index contributed by atoms with van der Waals surface area (Å²) in [6.45, 7) is 0. The number of rotatable bonds is 8. The van der Waals surface area contributed by atoms with E-state index < -0.39 is 0 Å². The van der Waals surface area contributed by atoms with Crippen molar-refractivity contribution in [1.82, 2.24) is 10.5 Å². The number of thioether (sulfide) groups is 2. The number of halogens is 1. The first-order valence-corrected chi connectivity index (χ1v) is 13.1. The first-order valence-electron chi connectivity index (χ1n) is 9.48. The highest BCUT2D eigenvalue weighted by atomic mass is 79.9. The first-order chi connectivity index (χ1) is 15.6. The van der Waals surface area contributed by atoms with E-state index in [0.717, 1.165) is 18.9 Å². The molecule has 2 N–H and O–H groups in total. The highest BCUT2D eigenvalue weighted by Gasteiger charge is 2.14. The molecule has 0 aliphatic heterocycles. The van der Waals surface area contributed by atoms with Gasteiger partial charge in [0.1, 0.15) is 0 Å². The van der Waals surface area contributed by atoms with Gasteiger partial charge < -0.3 is 5.11 Å². The van der Waals surface area contributed by atoms with Gasteiger partial charge in [0, 0.05) is 15.3 Å². The van der Waals surface area contributed by atoms with Crippen molar-refractivity contribution in [3.05, 3.63) is 76.3 Å². The summed E-state index contributed by atoms with van der Waals surface area (Å²) in [6, 6.07) is 19.4. The summed E-state index contributed by atoms with van der Waals surface area (Å²) >= 11 is 7.84. The van der Waals surface area contributed by atoms with Gasteiger partial charge in [0.25, 0.3) is 5.91 Å². The van der Waals surface area contributed by atoms with Crippen LogP contribution in [0.2, 0.25) is 0 Å². The Labute approximate surface area is 205 Å². The van der Waals surface area contributed by atoms with Gasteiger partial charge in [-0.2, -0.15) is 5.10 Å². The molecule has 4 rings (SSSR count). The van der Waals surface area contributed by atoms with Gasteiger partial charge in [0.05, 0.1) is 12.0 Å². The number of nitrogens with zero attached hydrogens (tertiary/aromatic N) is 2. The lowest BCUT2D eigenvalue weighted by Gasteiger charge is -2.09. The summed E-state index contributed by atoms with van der Waals surface area (Å²) in [5.41, 5.74) is 4.10. The van der Waals surface area contributed by atoms with E-state index in [0.29, 0.717) is 5.56 Å². The van der Waals surface area contributed by atoms with Crippen molar-refractivity contribution in [1.29, 1.82) is 0 Å². The minimum absolute atomic E-state index is 0.160. The molecule has 4 aromatic rings. The second kappa shape index (κ2) is 11.0. The van der Waals surface area contributed by atoms with Crippen molar-refractivity contribution >= 4 is 73.7 Å². The van der Waals surface area contributed by atoms with E-state index in [4.69, 9.17) is 0 Å². The molecule has 6 nitrogen and oxygen atoms in total. The van der Waals surface area contributed by atoms with Crippen LogP contribution >= 0.6 is 50.8 Å². The van der Waals surface area contributed by atoms with E-state index >= 15 is 0 Å². The molecule has 0 unspecified atom stereocenters. The number of fused-ring (bicyclic) bond motifs is 1. The summed E-state index contributed by atoms with van der Waals surface area (Å²) in [7, 11) is 0. The summed E-state index contributed by atoms with van der Waals surface area (Å²) < 4.78 is 2.53. The molecule has 1 aromatic heterocycles. The molecule has 1 amide bonds. The molecule has 0 saturated carbocycles. The molecular weight excluding hydrogens is 528 g/mol. The predicted octanol–water partition coefficient (Wildman–Crippen LogP) is 4.48. The van der Waals surface area contributed by atoms with Crippen LogP contribution < -0.4 is 15.6 Å². The molecule has 3 aromatic carbocycles. The number of hydrogen-bond acceptors (Lipinski definition) is 7. The van der Waals surface area contributed by atoms with Crippen LogP contribution in [0.15, 0.2) is 78.9 Å². The Morgan fingerprint density at radius 2 is 2.03 bits per heavy atom. The fourth-order valence-corrected chi connectivity index (χ4v) is 6.12. The SMILES string of the molecule is O=C(CSc1n[nH+]c(SCc2cccc3ccccc23)s1)N/N=C/c1cc(Br)ccc1[O-]. The lowest BCUT2D eigenvalue weighted by atomic mass is 10.1. The number of benzene rings is 3. The molecule has 0 radical (unpaired) electrons. The van der Waals surface area contributed by atoms with Gasteiger partial charge >= 0.3 is 4.34 Å². The van der Waals surface area contributed by atoms with Crippen LogP contribution in [0.25, 0.3) is 10.8 Å². The third-order valence-corrected chi connectivity index (χ3v) is 8.15. The summed E-state index contributed by atoms with van der Waals surface area (Å²) in [4.78, 5) is 12.0. The molecule has 0 fully saturated rings. The smallest absolute Gasteiger partial charge is 0.323 e. The maximum atomic E-state index is 12.0. The Kier molecular flexibility index (Phi) is 7.80. The van der Waals surface area contributed by atoms with Gasteiger partial charge in [0.2, 0.25) is 4.34 Å². The van der Waals surface area contributed by atoms with Crippen LogP contribution in [-0.2, 0) is 10.5 Å². The van der Waals surface area contributed by atoms with Crippen LogP contribution in [0.1, 0.15) is 11.1 Å². The molecular formula is C22H17BrN4O2S3. The average molecular weight is 546 g/mol. The van der Waals surface area contributed by atoms with E-state index in [1.54, 1.807) is 23.9 Å². The van der Waals surface area contributed by atoms with Crippen molar-refractivity contribution in [3.8, 4) is 5.75 Å². The van der Waals surface area contributed by atoms with Gasteiger partial charge in [-0.05, 0) is 57.1 Å². The number of nitrogens with one attached hydrogen (secondary N) is 2. The summed E-state index contributed by atoms with van der Waals surface area (Å²) in [6.07, 6.45) is 1.34. The molecule has 0 bridgehead atoms. The zero-order chi connectivity index (χ0) is 22.3. The van der Waals surface area contributed by atoms with E-state index in [2.05, 4.69) is 73.1 Å². The topological polar surface area (TPSA) is 91.6 Å². The van der Waals surface area contributed by atoms with Gasteiger partial charge in [-0.15, -0.1) is 0 Å². The van der Waals surface area contributed by atoms with Gasteiger partial charge in [-0.3, -0.25) is 4.79 Å². The highest BCUT2D eigenvalue weighted by molar-refractivity contribution is 9.10. The number of aromatic nitrogens is 2. The van der Waals surface area contributed by atoms with Crippen LogP contribution in [0, 0.1) is 0 Å². The molecule has 0 aliphatic carbocycles. The van der Waals surface area contributed by atoms with Crippen molar-refractivity contribution in [2.75, 3.05) is 5.75 Å². The van der Waals surface area contributed by atoms with E-state index in [1.165, 1.54) is 51.7 Å². The fraction of sp³-hybridized carbons (Fsp3) is 0.0909. The van der Waals surface area contributed by atoms with Crippen molar-refractivity contribution in [2.24, 2.45) is 5.10 Å². The van der Waals surface area contributed by atoms with E-state index in [1.807, 2.05) is 6.07 Å². The number of aromatic amines is 1. The zero-order valence-electron chi connectivity index (χ0n) is 16.6.